The summed E-state index contributed by atoms with van der Waals surface area (Å²) in [4.78, 5) is 7.82. The number of nitrogens with zero attached hydrogens (tertiary/aromatic N) is 2. The smallest absolute Gasteiger partial charge is 0.179 e. The maximum atomic E-state index is 5.43. The van der Waals surface area contributed by atoms with Crippen molar-refractivity contribution in [3.8, 4) is 0 Å². The number of rotatable bonds is 3. The minimum absolute atomic E-state index is 0.554. The molecule has 0 fully saturated rings. The third kappa shape index (κ3) is 2.76. The summed E-state index contributed by atoms with van der Waals surface area (Å²) in [5.41, 5.74) is 5.51. The van der Waals surface area contributed by atoms with Gasteiger partial charge in [0, 0.05) is 5.69 Å². The average molecular weight is 297 g/mol. The third-order valence-corrected chi connectivity index (χ3v) is 4.07. The lowest BCUT2D eigenvalue weighted by atomic mass is 10.0. The molecule has 0 aliphatic heterocycles. The summed E-state index contributed by atoms with van der Waals surface area (Å²) < 4.78 is 2.78. The molecule has 2 aromatic heterocycles. The molecule has 0 aliphatic rings. The molecule has 2 heterocycles. The highest BCUT2D eigenvalue weighted by Crippen LogP contribution is 2.18. The molecule has 21 heavy (non-hydrogen) atoms. The Morgan fingerprint density at radius 3 is 2.52 bits per heavy atom. The Hall–Kier alpha value is -1.94. The summed E-state index contributed by atoms with van der Waals surface area (Å²) >= 11 is 5.43. The van der Waals surface area contributed by atoms with E-state index in [4.69, 9.17) is 12.2 Å². The molecule has 0 bridgehead atoms. The van der Waals surface area contributed by atoms with Crippen LogP contribution in [0.1, 0.15) is 36.6 Å². The molecule has 3 nitrogen and oxygen atoms in total. The Labute approximate surface area is 129 Å². The first kappa shape index (κ1) is 14.0. The first-order chi connectivity index (χ1) is 10.0. The van der Waals surface area contributed by atoms with E-state index in [9.17, 15) is 0 Å². The van der Waals surface area contributed by atoms with Crippen molar-refractivity contribution in [3.63, 3.8) is 0 Å². The minimum atomic E-state index is 0.554. The van der Waals surface area contributed by atoms with Crippen molar-refractivity contribution >= 4 is 23.4 Å². The Morgan fingerprint density at radius 2 is 1.86 bits per heavy atom. The molecule has 4 heteroatoms. The fraction of sp³-hybridized carbons (Fsp3) is 0.294. The molecule has 0 saturated carbocycles. The number of pyridine rings is 1. The predicted molar refractivity (Wildman–Crippen MR) is 89.3 cm³/mol. The molecule has 3 rings (SSSR count). The molecule has 1 aromatic carbocycles. The predicted octanol–water partition coefficient (Wildman–Crippen LogP) is 4.57. The minimum Gasteiger partial charge on any atom is -0.329 e. The highest BCUT2D eigenvalue weighted by atomic mass is 32.1. The van der Waals surface area contributed by atoms with Gasteiger partial charge in [-0.15, -0.1) is 0 Å². The summed E-state index contributed by atoms with van der Waals surface area (Å²) in [5.74, 6) is 0.554. The van der Waals surface area contributed by atoms with E-state index < -0.39 is 0 Å². The average Bonchev–Trinajstić information content (AvgIpc) is 2.76. The highest BCUT2D eigenvalue weighted by molar-refractivity contribution is 7.71. The topological polar surface area (TPSA) is 33.6 Å². The van der Waals surface area contributed by atoms with Gasteiger partial charge in [0.25, 0.3) is 0 Å². The fourth-order valence-electron chi connectivity index (χ4n) is 2.46. The van der Waals surface area contributed by atoms with E-state index >= 15 is 0 Å². The lowest BCUT2D eigenvalue weighted by molar-refractivity contribution is 0.796. The molecule has 1 N–H and O–H groups in total. The Balaban J connectivity index is 1.99. The summed E-state index contributed by atoms with van der Waals surface area (Å²) in [6.07, 6.45) is 0. The Morgan fingerprint density at radius 1 is 1.14 bits per heavy atom. The SMILES string of the molecule is Cc1ccc2[nH]c(=S)n(Cc3ccc(C(C)C)cc3)c2n1. The van der Waals surface area contributed by atoms with Crippen LogP contribution in [-0.4, -0.2) is 14.5 Å². The molecule has 0 atom stereocenters. The fourth-order valence-corrected chi connectivity index (χ4v) is 2.72. The number of nitrogens with one attached hydrogen (secondary N) is 1. The zero-order valence-corrected chi connectivity index (χ0v) is 13.4. The van der Waals surface area contributed by atoms with E-state index in [1.807, 2.05) is 19.1 Å². The Bertz CT molecular complexity index is 825. The van der Waals surface area contributed by atoms with Gasteiger partial charge in [-0.05, 0) is 48.3 Å². The summed E-state index contributed by atoms with van der Waals surface area (Å²) in [7, 11) is 0. The second kappa shape index (κ2) is 5.45. The van der Waals surface area contributed by atoms with Crippen LogP contribution in [0, 0.1) is 11.7 Å². The number of benzene rings is 1. The zero-order chi connectivity index (χ0) is 15.0. The van der Waals surface area contributed by atoms with Crippen LogP contribution in [0.2, 0.25) is 0 Å². The summed E-state index contributed by atoms with van der Waals surface area (Å²) in [6.45, 7) is 7.15. The maximum Gasteiger partial charge on any atom is 0.179 e. The van der Waals surface area contributed by atoms with Crippen molar-refractivity contribution < 1.29 is 0 Å². The highest BCUT2D eigenvalue weighted by Gasteiger charge is 2.07. The van der Waals surface area contributed by atoms with Crippen molar-refractivity contribution in [2.45, 2.75) is 33.2 Å². The van der Waals surface area contributed by atoms with E-state index in [0.717, 1.165) is 28.2 Å². The van der Waals surface area contributed by atoms with Gasteiger partial charge in [-0.1, -0.05) is 38.1 Å². The third-order valence-electron chi connectivity index (χ3n) is 3.74. The first-order valence-electron chi connectivity index (χ1n) is 7.19. The molecule has 0 unspecified atom stereocenters. The van der Waals surface area contributed by atoms with Crippen LogP contribution in [0.5, 0.6) is 0 Å². The van der Waals surface area contributed by atoms with Gasteiger partial charge in [0.05, 0.1) is 12.1 Å². The monoisotopic (exact) mass is 297 g/mol. The van der Waals surface area contributed by atoms with Crippen LogP contribution in [0.3, 0.4) is 0 Å². The molecule has 0 amide bonds. The number of fused-ring (bicyclic) bond motifs is 1. The van der Waals surface area contributed by atoms with E-state index in [1.54, 1.807) is 0 Å². The van der Waals surface area contributed by atoms with Crippen molar-refractivity contribution in [1.29, 1.82) is 0 Å². The molecular weight excluding hydrogens is 278 g/mol. The van der Waals surface area contributed by atoms with E-state index in [1.165, 1.54) is 11.1 Å². The molecular formula is C17H19N3S. The van der Waals surface area contributed by atoms with Crippen LogP contribution in [-0.2, 0) is 6.54 Å². The largest absolute Gasteiger partial charge is 0.329 e. The van der Waals surface area contributed by atoms with Crippen molar-refractivity contribution in [3.05, 3.63) is 58.0 Å². The Kier molecular flexibility index (Phi) is 3.64. The quantitative estimate of drug-likeness (QED) is 0.718. The first-order valence-corrected chi connectivity index (χ1v) is 7.60. The van der Waals surface area contributed by atoms with Crippen molar-refractivity contribution in [2.75, 3.05) is 0 Å². The van der Waals surface area contributed by atoms with Crippen LogP contribution in [0.25, 0.3) is 11.2 Å². The van der Waals surface area contributed by atoms with Crippen molar-refractivity contribution in [2.24, 2.45) is 0 Å². The van der Waals surface area contributed by atoms with Crippen LogP contribution < -0.4 is 0 Å². The maximum absolute atomic E-state index is 5.43. The molecule has 3 aromatic rings. The standard InChI is InChI=1S/C17H19N3S/c1-11(2)14-7-5-13(6-8-14)10-20-16-15(19-17(20)21)9-4-12(3)18-16/h4-9,11H,10H2,1-3H3,(H,19,21). The summed E-state index contributed by atoms with van der Waals surface area (Å²) in [6, 6.07) is 12.8. The van der Waals surface area contributed by atoms with Gasteiger partial charge in [-0.2, -0.15) is 0 Å². The van der Waals surface area contributed by atoms with E-state index in [-0.39, 0.29) is 0 Å². The molecule has 0 saturated heterocycles. The van der Waals surface area contributed by atoms with Crippen LogP contribution >= 0.6 is 12.2 Å². The lowest BCUT2D eigenvalue weighted by Gasteiger charge is -2.08. The lowest BCUT2D eigenvalue weighted by Crippen LogP contribution is -2.01. The van der Waals surface area contributed by atoms with Gasteiger partial charge in [-0.25, -0.2) is 4.98 Å². The van der Waals surface area contributed by atoms with E-state index in [0.29, 0.717) is 5.92 Å². The number of aromatic nitrogens is 3. The van der Waals surface area contributed by atoms with Crippen molar-refractivity contribution in [1.82, 2.24) is 14.5 Å². The number of H-pyrrole nitrogens is 1. The van der Waals surface area contributed by atoms with Gasteiger partial charge in [0.15, 0.2) is 10.4 Å². The molecule has 0 spiro atoms. The number of imidazole rings is 1. The number of aryl methyl sites for hydroxylation is 1. The number of hydrogen-bond donors (Lipinski definition) is 1. The van der Waals surface area contributed by atoms with Gasteiger partial charge in [0.2, 0.25) is 0 Å². The molecule has 0 aliphatic carbocycles. The molecule has 108 valence electrons. The molecule has 0 radical (unpaired) electrons. The zero-order valence-electron chi connectivity index (χ0n) is 12.6. The number of hydrogen-bond acceptors (Lipinski definition) is 2. The van der Waals surface area contributed by atoms with E-state index in [2.05, 4.69) is 52.6 Å². The summed E-state index contributed by atoms with van der Waals surface area (Å²) in [5, 5.41) is 0. The van der Waals surface area contributed by atoms with Crippen LogP contribution in [0.15, 0.2) is 36.4 Å². The number of aromatic amines is 1. The van der Waals surface area contributed by atoms with Gasteiger partial charge < -0.3 is 4.98 Å². The van der Waals surface area contributed by atoms with Crippen LogP contribution in [0.4, 0.5) is 0 Å². The van der Waals surface area contributed by atoms with Gasteiger partial charge >= 0.3 is 0 Å². The normalized spacial score (nSPS) is 11.4. The second-order valence-corrected chi connectivity index (χ2v) is 6.12. The van der Waals surface area contributed by atoms with Gasteiger partial charge in [0.1, 0.15) is 0 Å². The second-order valence-electron chi connectivity index (χ2n) is 5.74. The van der Waals surface area contributed by atoms with Gasteiger partial charge in [-0.3, -0.25) is 4.57 Å².